The van der Waals surface area contributed by atoms with E-state index in [9.17, 15) is 9.90 Å². The molecule has 0 amide bonds. The lowest BCUT2D eigenvalue weighted by Gasteiger charge is -2.13. The Morgan fingerprint density at radius 3 is 2.00 bits per heavy atom. The first kappa shape index (κ1) is 26.1. The van der Waals surface area contributed by atoms with Crippen LogP contribution in [0.5, 0.6) is 0 Å². The first-order valence-corrected chi connectivity index (χ1v) is 12.8. The summed E-state index contributed by atoms with van der Waals surface area (Å²) in [4.78, 5) is 11.7. The van der Waals surface area contributed by atoms with Crippen LogP contribution in [-0.4, -0.2) is 24.3 Å². The molecule has 0 aliphatic carbocycles. The van der Waals surface area contributed by atoms with Crippen molar-refractivity contribution >= 4 is 5.97 Å². The van der Waals surface area contributed by atoms with Crippen molar-refractivity contribution in [3.8, 4) is 33.4 Å². The molecule has 0 radical (unpaired) electrons. The third-order valence-corrected chi connectivity index (χ3v) is 6.65. The van der Waals surface area contributed by atoms with Crippen LogP contribution >= 0.6 is 0 Å². The van der Waals surface area contributed by atoms with E-state index in [1.807, 2.05) is 12.1 Å². The molecule has 3 nitrogen and oxygen atoms in total. The van der Waals surface area contributed by atoms with Crippen molar-refractivity contribution in [2.24, 2.45) is 0 Å². The number of hydrogen-bond donors (Lipinski definition) is 1. The highest BCUT2D eigenvalue weighted by Gasteiger charge is 2.10. The number of aliphatic hydroxyl groups excluding tert-OH is 1. The van der Waals surface area contributed by atoms with Gasteiger partial charge in [0.1, 0.15) is 0 Å². The predicted octanol–water partition coefficient (Wildman–Crippen LogP) is 7.45. The average Bonchev–Trinajstić information content (AvgIpc) is 2.93. The lowest BCUT2D eigenvalue weighted by Crippen LogP contribution is -2.08. The third-order valence-electron chi connectivity index (χ3n) is 6.65. The third kappa shape index (κ3) is 6.44. The van der Waals surface area contributed by atoms with Crippen LogP contribution in [0.3, 0.4) is 0 Å². The average molecular weight is 491 g/mol. The Morgan fingerprint density at radius 2 is 1.35 bits per heavy atom. The Labute approximate surface area is 220 Å². The van der Waals surface area contributed by atoms with E-state index in [2.05, 4.69) is 92.4 Å². The Morgan fingerprint density at radius 1 is 0.757 bits per heavy atom. The van der Waals surface area contributed by atoms with Gasteiger partial charge in [-0.2, -0.15) is 0 Å². The van der Waals surface area contributed by atoms with E-state index in [4.69, 9.17) is 4.74 Å². The van der Waals surface area contributed by atoms with Gasteiger partial charge in [-0.1, -0.05) is 104 Å². The fourth-order valence-corrected chi connectivity index (χ4v) is 4.57. The minimum Gasteiger partial charge on any atom is -0.462 e. The Kier molecular flexibility index (Phi) is 8.71. The molecule has 0 unspecified atom stereocenters. The van der Waals surface area contributed by atoms with Gasteiger partial charge >= 0.3 is 5.97 Å². The number of aryl methyl sites for hydroxylation is 1. The maximum atomic E-state index is 11.7. The summed E-state index contributed by atoms with van der Waals surface area (Å²) in [5.41, 5.74) is 11.1. The van der Waals surface area contributed by atoms with E-state index in [-0.39, 0.29) is 12.6 Å². The van der Waals surface area contributed by atoms with E-state index in [0.29, 0.717) is 25.0 Å². The summed E-state index contributed by atoms with van der Waals surface area (Å²) in [5.74, 6) is -0.349. The molecule has 0 saturated heterocycles. The van der Waals surface area contributed by atoms with Crippen LogP contribution in [0.25, 0.3) is 33.4 Å². The van der Waals surface area contributed by atoms with Crippen LogP contribution in [-0.2, 0) is 28.8 Å². The maximum Gasteiger partial charge on any atom is 0.333 e. The summed E-state index contributed by atoms with van der Waals surface area (Å²) >= 11 is 0. The number of carbonyl (C=O) groups excluding carboxylic acids is 1. The molecule has 1 N–H and O–H groups in total. The predicted molar refractivity (Wildman–Crippen MR) is 152 cm³/mol. The molecule has 0 fully saturated rings. The highest BCUT2D eigenvalue weighted by molar-refractivity contribution is 5.87. The molecule has 4 rings (SSSR count). The molecule has 0 spiro atoms. The number of aliphatic hydroxyl groups is 1. The van der Waals surface area contributed by atoms with E-state index in [0.717, 1.165) is 28.7 Å². The van der Waals surface area contributed by atoms with Gasteiger partial charge in [0.05, 0.1) is 6.61 Å². The zero-order valence-electron chi connectivity index (χ0n) is 21.7. The first-order chi connectivity index (χ1) is 18.0. The smallest absolute Gasteiger partial charge is 0.333 e. The standard InChI is InChI=1S/C34H34O3/c1-4-26-23-31(17-18-33(26)29-11-9-25(10-12-29)19-21-35)27-13-15-30(16-14-27)32-8-6-5-7-28(32)20-22-37-34(36)24(2)3/h5-18,23,35H,2,4,19-22H2,1,3H3. The fraction of sp³-hybridized carbons (Fsp3) is 0.206. The van der Waals surface area contributed by atoms with Gasteiger partial charge < -0.3 is 9.84 Å². The SMILES string of the molecule is C=C(C)C(=O)OCCc1ccccc1-c1ccc(-c2ccc(-c3ccc(CCO)cc3)c(CC)c2)cc1. The second-order valence-corrected chi connectivity index (χ2v) is 9.30. The summed E-state index contributed by atoms with van der Waals surface area (Å²) in [6.07, 6.45) is 2.28. The maximum absolute atomic E-state index is 11.7. The van der Waals surface area contributed by atoms with E-state index >= 15 is 0 Å². The summed E-state index contributed by atoms with van der Waals surface area (Å²) in [7, 11) is 0. The second-order valence-electron chi connectivity index (χ2n) is 9.30. The number of ether oxygens (including phenoxy) is 1. The molecule has 0 aliphatic rings. The fourth-order valence-electron chi connectivity index (χ4n) is 4.57. The Hall–Kier alpha value is -3.95. The molecule has 188 valence electrons. The van der Waals surface area contributed by atoms with Crippen LogP contribution in [0.1, 0.15) is 30.5 Å². The first-order valence-electron chi connectivity index (χ1n) is 12.8. The molecule has 0 bridgehead atoms. The summed E-state index contributed by atoms with van der Waals surface area (Å²) in [6.45, 7) is 7.99. The van der Waals surface area contributed by atoms with Gasteiger partial charge in [0, 0.05) is 18.6 Å². The van der Waals surface area contributed by atoms with Gasteiger partial charge in [-0.15, -0.1) is 0 Å². The lowest BCUT2D eigenvalue weighted by molar-refractivity contribution is -0.138. The normalized spacial score (nSPS) is 10.8. The number of rotatable bonds is 10. The van der Waals surface area contributed by atoms with Crippen LogP contribution in [0.4, 0.5) is 0 Å². The number of esters is 1. The van der Waals surface area contributed by atoms with E-state index in [1.165, 1.54) is 27.8 Å². The molecule has 0 saturated carbocycles. The van der Waals surface area contributed by atoms with Crippen molar-refractivity contribution in [1.29, 1.82) is 0 Å². The summed E-state index contributed by atoms with van der Waals surface area (Å²) < 4.78 is 5.31. The topological polar surface area (TPSA) is 46.5 Å². The molecule has 4 aromatic rings. The van der Waals surface area contributed by atoms with Gasteiger partial charge in [0.25, 0.3) is 0 Å². The summed E-state index contributed by atoms with van der Waals surface area (Å²) in [6, 6.07) is 32.1. The zero-order valence-corrected chi connectivity index (χ0v) is 21.7. The molecule has 3 heteroatoms. The van der Waals surface area contributed by atoms with Crippen LogP contribution in [0, 0.1) is 0 Å². The quantitative estimate of drug-likeness (QED) is 0.186. The van der Waals surface area contributed by atoms with Gasteiger partial charge in [-0.25, -0.2) is 4.79 Å². The van der Waals surface area contributed by atoms with Gasteiger partial charge in [0.2, 0.25) is 0 Å². The van der Waals surface area contributed by atoms with Crippen molar-refractivity contribution in [3.63, 3.8) is 0 Å². The highest BCUT2D eigenvalue weighted by Crippen LogP contribution is 2.32. The summed E-state index contributed by atoms with van der Waals surface area (Å²) in [5, 5.41) is 9.17. The largest absolute Gasteiger partial charge is 0.462 e. The minimum atomic E-state index is -0.349. The van der Waals surface area contributed by atoms with Crippen molar-refractivity contribution in [3.05, 3.63) is 120 Å². The van der Waals surface area contributed by atoms with Crippen LogP contribution < -0.4 is 0 Å². The molecular formula is C34H34O3. The molecule has 0 aliphatic heterocycles. The Balaban J connectivity index is 1.53. The number of hydrogen-bond acceptors (Lipinski definition) is 3. The molecule has 4 aromatic carbocycles. The van der Waals surface area contributed by atoms with Crippen molar-refractivity contribution < 1.29 is 14.6 Å². The van der Waals surface area contributed by atoms with E-state index in [1.54, 1.807) is 6.92 Å². The molecule has 37 heavy (non-hydrogen) atoms. The van der Waals surface area contributed by atoms with Crippen molar-refractivity contribution in [2.45, 2.75) is 33.1 Å². The zero-order chi connectivity index (χ0) is 26.2. The minimum absolute atomic E-state index is 0.170. The van der Waals surface area contributed by atoms with Gasteiger partial charge in [-0.05, 0) is 69.8 Å². The van der Waals surface area contributed by atoms with Crippen molar-refractivity contribution in [1.82, 2.24) is 0 Å². The Bertz CT molecular complexity index is 1370. The molecular weight excluding hydrogens is 456 g/mol. The molecule has 0 aromatic heterocycles. The van der Waals surface area contributed by atoms with Gasteiger partial charge in [0.15, 0.2) is 0 Å². The number of benzene rings is 4. The van der Waals surface area contributed by atoms with E-state index < -0.39 is 0 Å². The van der Waals surface area contributed by atoms with Gasteiger partial charge in [-0.3, -0.25) is 0 Å². The molecule has 0 heterocycles. The highest BCUT2D eigenvalue weighted by atomic mass is 16.5. The van der Waals surface area contributed by atoms with Crippen molar-refractivity contribution in [2.75, 3.05) is 13.2 Å². The monoisotopic (exact) mass is 490 g/mol. The second kappa shape index (κ2) is 12.3. The lowest BCUT2D eigenvalue weighted by atomic mass is 9.92. The van der Waals surface area contributed by atoms with Crippen LogP contribution in [0.15, 0.2) is 103 Å². The molecule has 0 atom stereocenters. The van der Waals surface area contributed by atoms with Crippen LogP contribution in [0.2, 0.25) is 0 Å². The number of carbonyl (C=O) groups is 1.